The van der Waals surface area contributed by atoms with Gasteiger partial charge >= 0.3 is 0 Å². The third-order valence-corrected chi connectivity index (χ3v) is 3.86. The molecule has 0 unspecified atom stereocenters. The number of aryl methyl sites for hydroxylation is 1. The van der Waals surface area contributed by atoms with E-state index in [-0.39, 0.29) is 11.1 Å². The van der Waals surface area contributed by atoms with Gasteiger partial charge in [0.1, 0.15) is 0 Å². The van der Waals surface area contributed by atoms with Crippen LogP contribution in [0.4, 0.5) is 5.69 Å². The van der Waals surface area contributed by atoms with Gasteiger partial charge in [-0.2, -0.15) is 0 Å². The van der Waals surface area contributed by atoms with E-state index in [1.54, 1.807) is 12.1 Å². The lowest BCUT2D eigenvalue weighted by atomic mass is 9.96. The zero-order valence-corrected chi connectivity index (χ0v) is 13.1. The number of nitrogens with zero attached hydrogens (tertiary/aromatic N) is 4. The summed E-state index contributed by atoms with van der Waals surface area (Å²) in [5.74, 6) is 6.63. The molecule has 1 heterocycles. The Kier molecular flexibility index (Phi) is 3.91. The molecule has 2 aromatic rings. The zero-order valence-electron chi connectivity index (χ0n) is 12.3. The van der Waals surface area contributed by atoms with Gasteiger partial charge in [0.2, 0.25) is 5.16 Å². The van der Waals surface area contributed by atoms with Crippen molar-refractivity contribution >= 4 is 17.4 Å². The molecule has 0 saturated carbocycles. The van der Waals surface area contributed by atoms with Gasteiger partial charge in [-0.05, 0) is 30.3 Å². The van der Waals surface area contributed by atoms with E-state index in [2.05, 4.69) is 10.2 Å². The summed E-state index contributed by atoms with van der Waals surface area (Å²) in [6, 6.07) is 4.93. The van der Waals surface area contributed by atoms with Gasteiger partial charge in [-0.1, -0.05) is 26.8 Å². The summed E-state index contributed by atoms with van der Waals surface area (Å²) < 4.78 is 1.39. The van der Waals surface area contributed by atoms with Crippen LogP contribution in [0.5, 0.6) is 0 Å². The van der Waals surface area contributed by atoms with Crippen LogP contribution in [0.1, 0.15) is 32.2 Å². The topological polar surface area (TPSA) is 99.9 Å². The number of hydrogen-bond acceptors (Lipinski definition) is 6. The van der Waals surface area contributed by atoms with Gasteiger partial charge in [0, 0.05) is 11.5 Å². The molecule has 1 aromatic carbocycles. The van der Waals surface area contributed by atoms with E-state index in [9.17, 15) is 10.1 Å². The van der Waals surface area contributed by atoms with E-state index in [1.807, 2.05) is 27.7 Å². The average molecular weight is 307 g/mol. The van der Waals surface area contributed by atoms with Crippen LogP contribution in [0.2, 0.25) is 0 Å². The van der Waals surface area contributed by atoms with Crippen molar-refractivity contribution in [2.75, 3.05) is 5.84 Å². The molecule has 2 N–H and O–H groups in total. The number of benzene rings is 1. The molecule has 0 saturated heterocycles. The first-order valence-electron chi connectivity index (χ1n) is 6.34. The van der Waals surface area contributed by atoms with E-state index in [4.69, 9.17) is 5.84 Å². The summed E-state index contributed by atoms with van der Waals surface area (Å²) in [7, 11) is 0. The summed E-state index contributed by atoms with van der Waals surface area (Å²) in [6.45, 7) is 7.80. The Bertz CT molecular complexity index is 690. The van der Waals surface area contributed by atoms with Crippen molar-refractivity contribution in [1.29, 1.82) is 0 Å². The number of nitro groups is 1. The highest BCUT2D eigenvalue weighted by Gasteiger charge is 2.24. The number of nitro benzene ring substituents is 1. The normalized spacial score (nSPS) is 11.6. The number of hydrogen-bond donors (Lipinski definition) is 1. The molecule has 0 spiro atoms. The Morgan fingerprint density at radius 2 is 2.00 bits per heavy atom. The maximum absolute atomic E-state index is 11.1. The van der Waals surface area contributed by atoms with Crippen molar-refractivity contribution in [3.05, 3.63) is 39.7 Å². The van der Waals surface area contributed by atoms with Crippen LogP contribution in [-0.4, -0.2) is 19.8 Å². The lowest BCUT2D eigenvalue weighted by molar-refractivity contribution is -0.387. The van der Waals surface area contributed by atoms with E-state index >= 15 is 0 Å². The fourth-order valence-electron chi connectivity index (χ4n) is 1.81. The second-order valence-corrected chi connectivity index (χ2v) is 6.77. The summed E-state index contributed by atoms with van der Waals surface area (Å²) >= 11 is 1.14. The van der Waals surface area contributed by atoms with Gasteiger partial charge in [-0.25, -0.2) is 4.68 Å². The zero-order chi connectivity index (χ0) is 15.8. The molecule has 0 fully saturated rings. The van der Waals surface area contributed by atoms with Crippen molar-refractivity contribution in [3.8, 4) is 0 Å². The molecule has 0 amide bonds. The Morgan fingerprint density at radius 1 is 1.33 bits per heavy atom. The first kappa shape index (κ1) is 15.3. The molecule has 21 heavy (non-hydrogen) atoms. The van der Waals surface area contributed by atoms with Crippen LogP contribution in [0, 0.1) is 17.0 Å². The first-order valence-corrected chi connectivity index (χ1v) is 7.15. The summed E-state index contributed by atoms with van der Waals surface area (Å²) in [5.41, 5.74) is 0.715. The standard InChI is InChI=1S/C13H17N5O2S/c1-8-5-6-9(18(19)20)10(7-8)21-12-16-15-11(17(12)14)13(2,3)4/h5-7H,14H2,1-4H3. The van der Waals surface area contributed by atoms with Crippen LogP contribution in [0.25, 0.3) is 0 Å². The summed E-state index contributed by atoms with van der Waals surface area (Å²) in [5, 5.41) is 19.6. The van der Waals surface area contributed by atoms with Crippen LogP contribution in [0.3, 0.4) is 0 Å². The number of nitrogens with two attached hydrogens (primary N) is 1. The number of nitrogen functional groups attached to an aromatic ring is 1. The SMILES string of the molecule is Cc1ccc([N+](=O)[O-])c(Sc2nnc(C(C)(C)C)n2N)c1. The Balaban J connectivity index is 2.42. The van der Waals surface area contributed by atoms with E-state index in [0.29, 0.717) is 15.9 Å². The van der Waals surface area contributed by atoms with Crippen LogP contribution < -0.4 is 5.84 Å². The molecule has 8 heteroatoms. The molecule has 0 aliphatic rings. The predicted molar refractivity (Wildman–Crippen MR) is 80.8 cm³/mol. The predicted octanol–water partition coefficient (Wildman–Crippen LogP) is 2.66. The van der Waals surface area contributed by atoms with Gasteiger partial charge in [0.15, 0.2) is 5.82 Å². The van der Waals surface area contributed by atoms with Gasteiger partial charge < -0.3 is 5.84 Å². The van der Waals surface area contributed by atoms with Crippen molar-refractivity contribution in [2.45, 2.75) is 43.2 Å². The second-order valence-electron chi connectivity index (χ2n) is 5.76. The molecule has 112 valence electrons. The highest BCUT2D eigenvalue weighted by molar-refractivity contribution is 7.99. The first-order chi connectivity index (χ1) is 9.70. The van der Waals surface area contributed by atoms with Gasteiger partial charge in [-0.15, -0.1) is 10.2 Å². The van der Waals surface area contributed by atoms with Crippen molar-refractivity contribution < 1.29 is 4.92 Å². The maximum atomic E-state index is 11.1. The summed E-state index contributed by atoms with van der Waals surface area (Å²) in [6.07, 6.45) is 0. The molecule has 0 aliphatic heterocycles. The Hall–Kier alpha value is -2.09. The molecule has 0 aliphatic carbocycles. The van der Waals surface area contributed by atoms with Crippen LogP contribution >= 0.6 is 11.8 Å². The van der Waals surface area contributed by atoms with Crippen molar-refractivity contribution in [2.24, 2.45) is 0 Å². The fourth-order valence-corrected chi connectivity index (χ4v) is 2.77. The minimum atomic E-state index is -0.413. The molecular formula is C13H17N5O2S. The summed E-state index contributed by atoms with van der Waals surface area (Å²) in [4.78, 5) is 11.2. The molecule has 1 aromatic heterocycles. The van der Waals surface area contributed by atoms with Gasteiger partial charge in [0.05, 0.1) is 9.82 Å². The lowest BCUT2D eigenvalue weighted by Crippen LogP contribution is -2.24. The smallest absolute Gasteiger partial charge is 0.283 e. The highest BCUT2D eigenvalue weighted by atomic mass is 32.2. The maximum Gasteiger partial charge on any atom is 0.283 e. The minimum Gasteiger partial charge on any atom is -0.336 e. The Morgan fingerprint density at radius 3 is 2.52 bits per heavy atom. The van der Waals surface area contributed by atoms with Crippen LogP contribution in [-0.2, 0) is 5.41 Å². The van der Waals surface area contributed by atoms with E-state index < -0.39 is 4.92 Å². The third kappa shape index (κ3) is 3.15. The van der Waals surface area contributed by atoms with Gasteiger partial charge in [0.25, 0.3) is 5.69 Å². The monoisotopic (exact) mass is 307 g/mol. The molecule has 0 atom stereocenters. The highest BCUT2D eigenvalue weighted by Crippen LogP contribution is 2.35. The molecule has 0 bridgehead atoms. The largest absolute Gasteiger partial charge is 0.336 e. The Labute approximate surface area is 126 Å². The van der Waals surface area contributed by atoms with Crippen LogP contribution in [0.15, 0.2) is 28.3 Å². The molecular weight excluding hydrogens is 290 g/mol. The molecule has 2 rings (SSSR count). The fraction of sp³-hybridized carbons (Fsp3) is 0.385. The van der Waals surface area contributed by atoms with Crippen molar-refractivity contribution in [1.82, 2.24) is 14.9 Å². The minimum absolute atomic E-state index is 0.0332. The molecule has 7 nitrogen and oxygen atoms in total. The average Bonchev–Trinajstić information content (AvgIpc) is 2.70. The molecule has 0 radical (unpaired) electrons. The second kappa shape index (κ2) is 5.36. The lowest BCUT2D eigenvalue weighted by Gasteiger charge is -2.16. The van der Waals surface area contributed by atoms with Crippen molar-refractivity contribution in [3.63, 3.8) is 0 Å². The van der Waals surface area contributed by atoms with E-state index in [1.165, 1.54) is 10.7 Å². The third-order valence-electron chi connectivity index (χ3n) is 2.85. The van der Waals surface area contributed by atoms with E-state index in [0.717, 1.165) is 17.3 Å². The quantitative estimate of drug-likeness (QED) is 0.531. The van der Waals surface area contributed by atoms with Gasteiger partial charge in [-0.3, -0.25) is 10.1 Å². The number of aromatic nitrogens is 3. The number of rotatable bonds is 3.